The number of aryl methyl sites for hydroxylation is 2. The highest BCUT2D eigenvalue weighted by atomic mass is 16.5. The van der Waals surface area contributed by atoms with Crippen LogP contribution in [0.5, 0.6) is 5.75 Å². The minimum atomic E-state index is -0.468. The van der Waals surface area contributed by atoms with Crippen LogP contribution in [0.1, 0.15) is 48.1 Å². The van der Waals surface area contributed by atoms with Crippen molar-refractivity contribution in [2.75, 3.05) is 6.61 Å². The molecule has 0 fully saturated rings. The number of ether oxygens (including phenoxy) is 1. The maximum atomic E-state index is 10.7. The topological polar surface area (TPSA) is 64.3 Å². The predicted molar refractivity (Wildman–Crippen MR) is 99.5 cm³/mol. The highest BCUT2D eigenvalue weighted by Gasteiger charge is 2.12. The molecule has 0 spiro atoms. The fourth-order valence-corrected chi connectivity index (χ4v) is 3.27. The third kappa shape index (κ3) is 4.83. The summed E-state index contributed by atoms with van der Waals surface area (Å²) in [6, 6.07) is 15.0. The van der Waals surface area contributed by atoms with Crippen LogP contribution in [0.3, 0.4) is 0 Å². The lowest BCUT2D eigenvalue weighted by Crippen LogP contribution is -2.20. The molecule has 1 aliphatic rings. The second kappa shape index (κ2) is 8.17. The molecule has 2 aromatic carbocycles. The van der Waals surface area contributed by atoms with Gasteiger partial charge in [-0.3, -0.25) is 4.79 Å². The Morgan fingerprint density at radius 3 is 2.56 bits per heavy atom. The van der Waals surface area contributed by atoms with Crippen molar-refractivity contribution in [1.82, 2.24) is 5.32 Å². The number of hydrogen-bond donors (Lipinski definition) is 2. The van der Waals surface area contributed by atoms with E-state index < -0.39 is 5.91 Å². The van der Waals surface area contributed by atoms with E-state index in [0.717, 1.165) is 6.54 Å². The van der Waals surface area contributed by atoms with E-state index in [1.807, 2.05) is 24.3 Å². The van der Waals surface area contributed by atoms with Crippen LogP contribution in [0.2, 0.25) is 0 Å². The summed E-state index contributed by atoms with van der Waals surface area (Å²) in [6.07, 6.45) is 5.06. The maximum Gasteiger partial charge on any atom is 0.255 e. The first-order valence-electron chi connectivity index (χ1n) is 8.97. The second-order valence-corrected chi connectivity index (χ2v) is 6.74. The number of primary amides is 1. The van der Waals surface area contributed by atoms with E-state index in [1.54, 1.807) is 0 Å². The number of benzene rings is 2. The summed E-state index contributed by atoms with van der Waals surface area (Å²) < 4.78 is 5.28. The van der Waals surface area contributed by atoms with E-state index in [2.05, 4.69) is 30.4 Å². The molecular weight excluding hydrogens is 312 g/mol. The maximum absolute atomic E-state index is 10.7. The number of hydrogen-bond acceptors (Lipinski definition) is 3. The molecule has 3 rings (SSSR count). The van der Waals surface area contributed by atoms with Gasteiger partial charge in [0.15, 0.2) is 6.61 Å². The number of carbonyl (C=O) groups excluding carboxylic acids is 1. The zero-order valence-electron chi connectivity index (χ0n) is 14.8. The Bertz CT molecular complexity index is 725. The number of rotatable bonds is 7. The molecule has 0 saturated heterocycles. The van der Waals surface area contributed by atoms with E-state index in [-0.39, 0.29) is 6.61 Å². The number of carbonyl (C=O) groups is 1. The fourth-order valence-electron chi connectivity index (χ4n) is 3.27. The normalized spacial score (nSPS) is 14.6. The quantitative estimate of drug-likeness (QED) is 0.814. The molecule has 4 nitrogen and oxygen atoms in total. The van der Waals surface area contributed by atoms with Crippen LogP contribution in [0.15, 0.2) is 42.5 Å². The Labute approximate surface area is 149 Å². The molecule has 0 unspecified atom stereocenters. The summed E-state index contributed by atoms with van der Waals surface area (Å²) in [7, 11) is 0. The third-order valence-electron chi connectivity index (χ3n) is 4.79. The summed E-state index contributed by atoms with van der Waals surface area (Å²) in [6.45, 7) is 2.90. The Morgan fingerprint density at radius 1 is 1.12 bits per heavy atom. The van der Waals surface area contributed by atoms with Crippen molar-refractivity contribution in [3.05, 3.63) is 64.7 Å². The zero-order chi connectivity index (χ0) is 17.6. The van der Waals surface area contributed by atoms with Gasteiger partial charge in [0.05, 0.1) is 0 Å². The average Bonchev–Trinajstić information content (AvgIpc) is 2.64. The molecule has 25 heavy (non-hydrogen) atoms. The van der Waals surface area contributed by atoms with Crippen molar-refractivity contribution < 1.29 is 9.53 Å². The highest BCUT2D eigenvalue weighted by Crippen LogP contribution is 2.25. The Morgan fingerprint density at radius 2 is 1.84 bits per heavy atom. The lowest BCUT2D eigenvalue weighted by molar-refractivity contribution is -0.119. The average molecular weight is 338 g/mol. The van der Waals surface area contributed by atoms with Gasteiger partial charge in [-0.05, 0) is 67.0 Å². The van der Waals surface area contributed by atoms with Crippen LogP contribution >= 0.6 is 0 Å². The van der Waals surface area contributed by atoms with Crippen molar-refractivity contribution in [3.63, 3.8) is 0 Å². The van der Waals surface area contributed by atoms with Crippen molar-refractivity contribution >= 4 is 5.91 Å². The van der Waals surface area contributed by atoms with Crippen LogP contribution in [-0.4, -0.2) is 12.5 Å². The van der Waals surface area contributed by atoms with Crippen LogP contribution in [0.25, 0.3) is 0 Å². The molecule has 0 aliphatic heterocycles. The molecule has 132 valence electrons. The van der Waals surface area contributed by atoms with E-state index >= 15 is 0 Å². The minimum Gasteiger partial charge on any atom is -0.484 e. The number of nitrogens with one attached hydrogen (secondary N) is 1. The minimum absolute atomic E-state index is 0.0903. The van der Waals surface area contributed by atoms with Crippen molar-refractivity contribution in [1.29, 1.82) is 0 Å². The molecule has 0 radical (unpaired) electrons. The second-order valence-electron chi connectivity index (χ2n) is 6.74. The Kier molecular flexibility index (Phi) is 5.71. The summed E-state index contributed by atoms with van der Waals surface area (Å²) >= 11 is 0. The molecule has 1 atom stereocenters. The molecule has 1 aliphatic carbocycles. The highest BCUT2D eigenvalue weighted by molar-refractivity contribution is 5.75. The summed E-state index contributed by atoms with van der Waals surface area (Å²) in [5.74, 6) is 0.190. The van der Waals surface area contributed by atoms with Gasteiger partial charge in [0.2, 0.25) is 0 Å². The zero-order valence-corrected chi connectivity index (χ0v) is 14.8. The van der Waals surface area contributed by atoms with Gasteiger partial charge < -0.3 is 15.8 Å². The van der Waals surface area contributed by atoms with E-state index in [9.17, 15) is 4.79 Å². The largest absolute Gasteiger partial charge is 0.484 e. The lowest BCUT2D eigenvalue weighted by atomic mass is 9.89. The molecular formula is C21H26N2O2. The van der Waals surface area contributed by atoms with E-state index in [0.29, 0.717) is 11.8 Å². The molecule has 1 amide bonds. The van der Waals surface area contributed by atoms with Gasteiger partial charge in [0, 0.05) is 12.6 Å². The smallest absolute Gasteiger partial charge is 0.255 e. The molecule has 0 heterocycles. The van der Waals surface area contributed by atoms with Crippen LogP contribution in [0.4, 0.5) is 0 Å². The van der Waals surface area contributed by atoms with Crippen molar-refractivity contribution in [2.24, 2.45) is 5.73 Å². The first kappa shape index (κ1) is 17.5. The standard InChI is InChI=1S/C21H26N2O2/c1-15(18-9-8-17-4-2-3-5-19(17)12-18)23-13-16-6-10-20(11-7-16)25-14-21(22)24/h6-12,15,23H,2-5,13-14H2,1H3,(H2,22,24)/t15-/m1/s1. The van der Waals surface area contributed by atoms with Gasteiger partial charge in [0.1, 0.15) is 5.75 Å². The van der Waals surface area contributed by atoms with Crippen LogP contribution in [-0.2, 0) is 24.2 Å². The summed E-state index contributed by atoms with van der Waals surface area (Å²) in [4.78, 5) is 10.7. The molecule has 3 N–H and O–H groups in total. The summed E-state index contributed by atoms with van der Waals surface area (Å²) in [5, 5.41) is 3.58. The SMILES string of the molecule is C[C@@H](NCc1ccc(OCC(N)=O)cc1)c1ccc2c(c1)CCCC2. The van der Waals surface area contributed by atoms with Crippen LogP contribution < -0.4 is 15.8 Å². The fraction of sp³-hybridized carbons (Fsp3) is 0.381. The molecule has 0 saturated carbocycles. The summed E-state index contributed by atoms with van der Waals surface area (Å²) in [5.41, 5.74) is 10.6. The van der Waals surface area contributed by atoms with Gasteiger partial charge >= 0.3 is 0 Å². The van der Waals surface area contributed by atoms with Gasteiger partial charge in [-0.25, -0.2) is 0 Å². The van der Waals surface area contributed by atoms with E-state index in [1.165, 1.54) is 47.9 Å². The first-order chi connectivity index (χ1) is 12.1. The van der Waals surface area contributed by atoms with Gasteiger partial charge in [0.25, 0.3) is 5.91 Å². The van der Waals surface area contributed by atoms with E-state index in [4.69, 9.17) is 10.5 Å². The monoisotopic (exact) mass is 338 g/mol. The van der Waals surface area contributed by atoms with Crippen LogP contribution in [0, 0.1) is 0 Å². The number of nitrogens with two attached hydrogens (primary N) is 1. The number of fused-ring (bicyclic) bond motifs is 1. The lowest BCUT2D eigenvalue weighted by Gasteiger charge is -2.20. The van der Waals surface area contributed by atoms with Gasteiger partial charge in [-0.2, -0.15) is 0 Å². The van der Waals surface area contributed by atoms with Gasteiger partial charge in [-0.15, -0.1) is 0 Å². The predicted octanol–water partition coefficient (Wildman–Crippen LogP) is 3.28. The molecule has 0 aromatic heterocycles. The number of amides is 1. The Hall–Kier alpha value is -2.33. The Balaban J connectivity index is 1.55. The van der Waals surface area contributed by atoms with Gasteiger partial charge in [-0.1, -0.05) is 30.3 Å². The first-order valence-corrected chi connectivity index (χ1v) is 8.97. The third-order valence-corrected chi connectivity index (χ3v) is 4.79. The van der Waals surface area contributed by atoms with Crippen molar-refractivity contribution in [3.8, 4) is 5.75 Å². The van der Waals surface area contributed by atoms with Crippen molar-refractivity contribution in [2.45, 2.75) is 45.2 Å². The molecule has 0 bridgehead atoms. The molecule has 4 heteroatoms. The molecule has 2 aromatic rings.